The second-order valence-corrected chi connectivity index (χ2v) is 3.90. The maximum absolute atomic E-state index is 5.86. The van der Waals surface area contributed by atoms with E-state index in [0.717, 1.165) is 15.9 Å². The van der Waals surface area contributed by atoms with Crippen molar-refractivity contribution in [1.29, 1.82) is 0 Å². The molecule has 0 fully saturated rings. The highest BCUT2D eigenvalue weighted by Gasteiger charge is 2.00. The van der Waals surface area contributed by atoms with Crippen LogP contribution in [-0.4, -0.2) is 13.3 Å². The lowest BCUT2D eigenvalue weighted by atomic mass is 10.2. The van der Waals surface area contributed by atoms with Gasteiger partial charge in [0, 0.05) is 17.7 Å². The molecule has 0 atom stereocenters. The summed E-state index contributed by atoms with van der Waals surface area (Å²) in [6.07, 6.45) is 3.69. The SMILES string of the molecule is C/C=C(\C=NC)Nc1ccc(Br)cc1N. The average molecular weight is 268 g/mol. The van der Waals surface area contributed by atoms with Gasteiger partial charge in [-0.15, -0.1) is 0 Å². The van der Waals surface area contributed by atoms with Crippen molar-refractivity contribution in [1.82, 2.24) is 0 Å². The Hall–Kier alpha value is -1.29. The lowest BCUT2D eigenvalue weighted by Crippen LogP contribution is -2.03. The number of nitrogen functional groups attached to an aromatic ring is 1. The van der Waals surface area contributed by atoms with Crippen LogP contribution in [0, 0.1) is 0 Å². The highest BCUT2D eigenvalue weighted by molar-refractivity contribution is 9.10. The van der Waals surface area contributed by atoms with Gasteiger partial charge in [0.15, 0.2) is 0 Å². The van der Waals surface area contributed by atoms with Crippen LogP contribution in [0.15, 0.2) is 39.4 Å². The Kier molecular flexibility index (Phi) is 4.37. The molecular weight excluding hydrogens is 254 g/mol. The van der Waals surface area contributed by atoms with Crippen LogP contribution in [0.1, 0.15) is 6.92 Å². The topological polar surface area (TPSA) is 50.4 Å². The molecule has 0 heterocycles. The van der Waals surface area contributed by atoms with E-state index >= 15 is 0 Å². The maximum atomic E-state index is 5.86. The zero-order chi connectivity index (χ0) is 11.3. The zero-order valence-corrected chi connectivity index (χ0v) is 10.4. The normalized spacial score (nSPS) is 12.1. The molecule has 0 aliphatic rings. The summed E-state index contributed by atoms with van der Waals surface area (Å²) in [4.78, 5) is 3.94. The molecule has 0 aliphatic carbocycles. The first-order valence-corrected chi connectivity index (χ1v) is 5.37. The van der Waals surface area contributed by atoms with Gasteiger partial charge in [0.05, 0.1) is 17.1 Å². The summed E-state index contributed by atoms with van der Waals surface area (Å²) in [5, 5.41) is 3.19. The molecule has 1 aromatic carbocycles. The number of allylic oxidation sites excluding steroid dienone is 2. The minimum absolute atomic E-state index is 0.702. The molecule has 0 radical (unpaired) electrons. The maximum Gasteiger partial charge on any atom is 0.0619 e. The van der Waals surface area contributed by atoms with Gasteiger partial charge in [0.1, 0.15) is 0 Å². The lowest BCUT2D eigenvalue weighted by molar-refractivity contribution is 1.42. The fourth-order valence-corrected chi connectivity index (χ4v) is 1.50. The number of rotatable bonds is 3. The van der Waals surface area contributed by atoms with Crippen molar-refractivity contribution in [3.63, 3.8) is 0 Å². The summed E-state index contributed by atoms with van der Waals surface area (Å²) in [5.41, 5.74) is 8.36. The van der Waals surface area contributed by atoms with E-state index in [1.807, 2.05) is 31.2 Å². The molecule has 4 heteroatoms. The van der Waals surface area contributed by atoms with Crippen LogP contribution in [0.2, 0.25) is 0 Å². The summed E-state index contributed by atoms with van der Waals surface area (Å²) in [6.45, 7) is 1.94. The summed E-state index contributed by atoms with van der Waals surface area (Å²) >= 11 is 3.36. The van der Waals surface area contributed by atoms with Crippen molar-refractivity contribution in [3.8, 4) is 0 Å². The van der Waals surface area contributed by atoms with Gasteiger partial charge in [-0.05, 0) is 25.1 Å². The number of aliphatic imine (C=N–C) groups is 1. The van der Waals surface area contributed by atoms with Crippen LogP contribution in [0.5, 0.6) is 0 Å². The Labute approximate surface area is 98.2 Å². The summed E-state index contributed by atoms with van der Waals surface area (Å²) < 4.78 is 0.969. The molecule has 15 heavy (non-hydrogen) atoms. The number of nitrogens with zero attached hydrogens (tertiary/aromatic N) is 1. The third-order valence-electron chi connectivity index (χ3n) is 1.87. The van der Waals surface area contributed by atoms with E-state index in [2.05, 4.69) is 26.2 Å². The summed E-state index contributed by atoms with van der Waals surface area (Å²) in [5.74, 6) is 0. The Balaban J connectivity index is 2.89. The summed E-state index contributed by atoms with van der Waals surface area (Å²) in [6, 6.07) is 5.72. The highest BCUT2D eigenvalue weighted by Crippen LogP contribution is 2.23. The molecule has 0 unspecified atom stereocenters. The fourth-order valence-electron chi connectivity index (χ4n) is 1.12. The zero-order valence-electron chi connectivity index (χ0n) is 8.79. The Morgan fingerprint density at radius 2 is 2.27 bits per heavy atom. The smallest absolute Gasteiger partial charge is 0.0619 e. The second kappa shape index (κ2) is 5.56. The molecule has 0 amide bonds. The average Bonchev–Trinajstić information content (AvgIpc) is 2.21. The number of hydrogen-bond acceptors (Lipinski definition) is 3. The molecule has 1 rings (SSSR count). The van der Waals surface area contributed by atoms with Gasteiger partial charge in [-0.3, -0.25) is 4.99 Å². The third-order valence-corrected chi connectivity index (χ3v) is 2.37. The molecule has 1 aromatic rings. The van der Waals surface area contributed by atoms with Crippen molar-refractivity contribution in [2.45, 2.75) is 6.92 Å². The molecule has 3 nitrogen and oxygen atoms in total. The van der Waals surface area contributed by atoms with E-state index in [0.29, 0.717) is 5.69 Å². The molecule has 0 bridgehead atoms. The van der Waals surface area contributed by atoms with Crippen molar-refractivity contribution < 1.29 is 0 Å². The van der Waals surface area contributed by atoms with Crippen molar-refractivity contribution in [2.75, 3.05) is 18.1 Å². The van der Waals surface area contributed by atoms with Crippen molar-refractivity contribution in [3.05, 3.63) is 34.4 Å². The first-order chi connectivity index (χ1) is 7.17. The van der Waals surface area contributed by atoms with E-state index in [1.54, 1.807) is 13.3 Å². The highest BCUT2D eigenvalue weighted by atomic mass is 79.9. The monoisotopic (exact) mass is 267 g/mol. The number of anilines is 2. The minimum atomic E-state index is 0.702. The molecule has 0 saturated heterocycles. The molecule has 0 spiro atoms. The van der Waals surface area contributed by atoms with Crippen LogP contribution in [0.3, 0.4) is 0 Å². The van der Waals surface area contributed by atoms with E-state index in [4.69, 9.17) is 5.73 Å². The lowest BCUT2D eigenvalue weighted by Gasteiger charge is -2.09. The predicted octanol–water partition coefficient (Wildman–Crippen LogP) is 3.05. The Bertz CT molecular complexity index is 397. The fraction of sp³-hybridized carbons (Fsp3) is 0.182. The van der Waals surface area contributed by atoms with Crippen LogP contribution in [0.25, 0.3) is 0 Å². The van der Waals surface area contributed by atoms with Crippen LogP contribution >= 0.6 is 15.9 Å². The van der Waals surface area contributed by atoms with Gasteiger partial charge in [0.25, 0.3) is 0 Å². The minimum Gasteiger partial charge on any atom is -0.397 e. The quantitative estimate of drug-likeness (QED) is 0.654. The molecule has 3 N–H and O–H groups in total. The van der Waals surface area contributed by atoms with E-state index in [1.165, 1.54) is 0 Å². The Morgan fingerprint density at radius 1 is 1.53 bits per heavy atom. The number of benzene rings is 1. The summed E-state index contributed by atoms with van der Waals surface area (Å²) in [7, 11) is 1.73. The van der Waals surface area contributed by atoms with Crippen LogP contribution in [0.4, 0.5) is 11.4 Å². The molecule has 80 valence electrons. The molecular formula is C11H14BrN3. The van der Waals surface area contributed by atoms with Crippen LogP contribution < -0.4 is 11.1 Å². The predicted molar refractivity (Wildman–Crippen MR) is 70.4 cm³/mol. The van der Waals surface area contributed by atoms with Gasteiger partial charge in [0.2, 0.25) is 0 Å². The standard InChI is InChI=1S/C11H14BrN3/c1-3-9(7-14-2)15-11-5-4-8(12)6-10(11)13/h3-7,15H,13H2,1-2H3/b9-3+,14-7?. The molecule has 0 aromatic heterocycles. The van der Waals surface area contributed by atoms with Gasteiger partial charge < -0.3 is 11.1 Å². The van der Waals surface area contributed by atoms with Gasteiger partial charge in [-0.2, -0.15) is 0 Å². The molecule has 0 saturated carbocycles. The van der Waals surface area contributed by atoms with Gasteiger partial charge in [-0.1, -0.05) is 22.0 Å². The first kappa shape index (κ1) is 11.8. The van der Waals surface area contributed by atoms with Gasteiger partial charge in [-0.25, -0.2) is 0 Å². The van der Waals surface area contributed by atoms with Crippen molar-refractivity contribution >= 4 is 33.5 Å². The largest absolute Gasteiger partial charge is 0.397 e. The van der Waals surface area contributed by atoms with Crippen molar-refractivity contribution in [2.24, 2.45) is 4.99 Å². The Morgan fingerprint density at radius 3 is 2.80 bits per heavy atom. The molecule has 0 aliphatic heterocycles. The second-order valence-electron chi connectivity index (χ2n) is 2.99. The third kappa shape index (κ3) is 3.40. The first-order valence-electron chi connectivity index (χ1n) is 4.58. The van der Waals surface area contributed by atoms with E-state index in [9.17, 15) is 0 Å². The van der Waals surface area contributed by atoms with E-state index < -0.39 is 0 Å². The van der Waals surface area contributed by atoms with E-state index in [-0.39, 0.29) is 0 Å². The van der Waals surface area contributed by atoms with Crippen LogP contribution in [-0.2, 0) is 0 Å². The number of nitrogens with two attached hydrogens (primary N) is 1. The van der Waals surface area contributed by atoms with Gasteiger partial charge >= 0.3 is 0 Å². The number of hydrogen-bond donors (Lipinski definition) is 2. The number of halogens is 1. The number of nitrogens with one attached hydrogen (secondary N) is 1.